The third kappa shape index (κ3) is 6.46. The first kappa shape index (κ1) is 26.2. The lowest BCUT2D eigenvalue weighted by Crippen LogP contribution is -2.44. The Kier molecular flexibility index (Phi) is 8.88. The lowest BCUT2D eigenvalue weighted by Gasteiger charge is -2.37. The number of rotatable bonds is 10. The second-order valence-electron chi connectivity index (χ2n) is 8.72. The molecule has 0 radical (unpaired) electrons. The molecule has 0 spiro atoms. The topological polar surface area (TPSA) is 82.9 Å². The van der Waals surface area contributed by atoms with Gasteiger partial charge in [-0.25, -0.2) is 4.39 Å². The Labute approximate surface area is 217 Å². The fourth-order valence-corrected chi connectivity index (χ4v) is 6.86. The van der Waals surface area contributed by atoms with Crippen LogP contribution in [-0.4, -0.2) is 58.6 Å². The van der Waals surface area contributed by atoms with Crippen molar-refractivity contribution in [2.75, 3.05) is 32.5 Å². The first-order chi connectivity index (χ1) is 16.9. The number of thiophene rings is 1. The number of methoxy groups -OCH3 is 1. The van der Waals surface area contributed by atoms with Gasteiger partial charge >= 0.3 is 5.97 Å². The number of hydrogen-bond donors (Lipinski definition) is 2. The maximum atomic E-state index is 13.2. The number of ether oxygens (including phenoxy) is 1. The molecular weight excluding hydrogens is 511 g/mol. The van der Waals surface area contributed by atoms with Gasteiger partial charge in [0, 0.05) is 41.4 Å². The van der Waals surface area contributed by atoms with E-state index in [1.54, 1.807) is 18.9 Å². The number of hydrogen-bond acceptors (Lipinski definition) is 7. The van der Waals surface area contributed by atoms with Crippen LogP contribution in [0.15, 0.2) is 40.1 Å². The van der Waals surface area contributed by atoms with Crippen molar-refractivity contribution in [3.8, 4) is 5.75 Å². The quantitative estimate of drug-likeness (QED) is 0.319. The van der Waals surface area contributed by atoms with Crippen LogP contribution >= 0.6 is 34.7 Å². The number of halogens is 2. The van der Waals surface area contributed by atoms with Gasteiger partial charge in [0.2, 0.25) is 0 Å². The third-order valence-corrected chi connectivity index (χ3v) is 8.99. The number of fused-ring (bicyclic) bond motifs is 1. The van der Waals surface area contributed by atoms with Crippen molar-refractivity contribution >= 4 is 51.6 Å². The number of aliphatic hydroxyl groups is 1. The summed E-state index contributed by atoms with van der Waals surface area (Å²) in [5, 5.41) is 23.5. The number of aromatic nitrogens is 1. The molecule has 3 aromatic rings. The van der Waals surface area contributed by atoms with E-state index < -0.39 is 18.0 Å². The van der Waals surface area contributed by atoms with Gasteiger partial charge in [-0.2, -0.15) is 0 Å². The number of aliphatic carboxylic acids is 1. The van der Waals surface area contributed by atoms with E-state index in [0.29, 0.717) is 41.2 Å². The van der Waals surface area contributed by atoms with Gasteiger partial charge in [-0.1, -0.05) is 11.6 Å². The van der Waals surface area contributed by atoms with Crippen molar-refractivity contribution in [2.24, 2.45) is 11.8 Å². The molecular formula is C25H28ClFN2O4S2. The molecule has 35 heavy (non-hydrogen) atoms. The fourth-order valence-electron chi connectivity index (χ4n) is 4.69. The Hall–Kier alpha value is -1.91. The summed E-state index contributed by atoms with van der Waals surface area (Å²) in [5.74, 6) is -0.113. The molecule has 2 aromatic heterocycles. The first-order valence-electron chi connectivity index (χ1n) is 11.5. The molecule has 1 aliphatic heterocycles. The third-order valence-electron chi connectivity index (χ3n) is 6.56. The average molecular weight is 539 g/mol. The van der Waals surface area contributed by atoms with Crippen LogP contribution in [0.1, 0.15) is 30.9 Å². The highest BCUT2D eigenvalue weighted by atomic mass is 35.5. The van der Waals surface area contributed by atoms with Crippen LogP contribution in [0.2, 0.25) is 5.02 Å². The zero-order chi connectivity index (χ0) is 24.9. The molecule has 3 atom stereocenters. The molecule has 0 amide bonds. The van der Waals surface area contributed by atoms with Crippen molar-refractivity contribution in [3.05, 3.63) is 52.2 Å². The van der Waals surface area contributed by atoms with Gasteiger partial charge in [-0.15, -0.1) is 23.1 Å². The second-order valence-corrected chi connectivity index (χ2v) is 11.4. The van der Waals surface area contributed by atoms with E-state index in [-0.39, 0.29) is 11.7 Å². The van der Waals surface area contributed by atoms with E-state index in [1.807, 2.05) is 18.2 Å². The minimum atomic E-state index is -0.838. The van der Waals surface area contributed by atoms with E-state index >= 15 is 0 Å². The fraction of sp³-hybridized carbons (Fsp3) is 0.440. The molecule has 1 fully saturated rings. The molecule has 0 aliphatic carbocycles. The number of piperidine rings is 1. The molecule has 0 bridgehead atoms. The Bertz CT molecular complexity index is 1180. The highest BCUT2D eigenvalue weighted by molar-refractivity contribution is 8.01. The van der Waals surface area contributed by atoms with Crippen molar-refractivity contribution in [1.29, 1.82) is 0 Å². The van der Waals surface area contributed by atoms with Crippen LogP contribution in [-0.2, 0) is 4.79 Å². The molecule has 1 saturated heterocycles. The summed E-state index contributed by atoms with van der Waals surface area (Å²) in [7, 11) is 1.58. The summed E-state index contributed by atoms with van der Waals surface area (Å²) in [6.45, 7) is 2.04. The van der Waals surface area contributed by atoms with Gasteiger partial charge in [-0.05, 0) is 56.0 Å². The van der Waals surface area contributed by atoms with Crippen LogP contribution in [0.25, 0.3) is 10.9 Å². The van der Waals surface area contributed by atoms with Crippen LogP contribution in [0.3, 0.4) is 0 Å². The average Bonchev–Trinajstić information content (AvgIpc) is 3.27. The molecule has 1 aliphatic rings. The van der Waals surface area contributed by atoms with Gasteiger partial charge in [-0.3, -0.25) is 9.78 Å². The largest absolute Gasteiger partial charge is 0.497 e. The number of carbonyl (C=O) groups is 1. The van der Waals surface area contributed by atoms with E-state index in [2.05, 4.69) is 9.88 Å². The van der Waals surface area contributed by atoms with Gasteiger partial charge in [0.1, 0.15) is 11.6 Å². The number of pyridine rings is 1. The number of aliphatic hydroxyl groups excluding tert-OH is 1. The Balaban J connectivity index is 1.37. The number of thioether (sulfide) groups is 1. The predicted molar refractivity (Wildman–Crippen MR) is 138 cm³/mol. The van der Waals surface area contributed by atoms with Crippen molar-refractivity contribution in [1.82, 2.24) is 9.88 Å². The molecule has 4 rings (SSSR count). The van der Waals surface area contributed by atoms with Crippen molar-refractivity contribution < 1.29 is 24.1 Å². The summed E-state index contributed by atoms with van der Waals surface area (Å²) in [5.41, 5.74) is 1.31. The maximum Gasteiger partial charge on any atom is 0.308 e. The highest BCUT2D eigenvalue weighted by Gasteiger charge is 2.34. The second kappa shape index (κ2) is 11.9. The Morgan fingerprint density at radius 3 is 2.97 bits per heavy atom. The zero-order valence-electron chi connectivity index (χ0n) is 19.3. The summed E-state index contributed by atoms with van der Waals surface area (Å²) >= 11 is 9.40. The number of benzene rings is 1. The standard InChI is InChI=1S/C25H28ClFN2O4S2/c1-33-17-3-4-21-18(11-17)24(20(26)12-28-21)22(30)5-2-15-6-7-29(13-19(15)25(31)32)8-9-34-23-10-16(27)14-35-23/h3-4,10-12,14-15,19,22,30H,2,5-9,13H2,1H3,(H,31,32)/t15?,19?,22-/m1/s1. The zero-order valence-corrected chi connectivity index (χ0v) is 21.7. The Morgan fingerprint density at radius 1 is 1.43 bits per heavy atom. The monoisotopic (exact) mass is 538 g/mol. The van der Waals surface area contributed by atoms with Gasteiger partial charge in [0.05, 0.1) is 33.9 Å². The first-order valence-corrected chi connectivity index (χ1v) is 13.7. The molecule has 2 unspecified atom stereocenters. The van der Waals surface area contributed by atoms with Gasteiger partial charge < -0.3 is 19.8 Å². The molecule has 6 nitrogen and oxygen atoms in total. The highest BCUT2D eigenvalue weighted by Crippen LogP contribution is 2.37. The lowest BCUT2D eigenvalue weighted by atomic mass is 9.81. The minimum absolute atomic E-state index is 0.0288. The predicted octanol–water partition coefficient (Wildman–Crippen LogP) is 5.73. The minimum Gasteiger partial charge on any atom is -0.497 e. The summed E-state index contributed by atoms with van der Waals surface area (Å²) < 4.78 is 19.4. The number of likely N-dealkylation sites (tertiary alicyclic amines) is 1. The number of nitrogens with zero attached hydrogens (tertiary/aromatic N) is 2. The number of carboxylic acids is 1. The molecule has 188 valence electrons. The van der Waals surface area contributed by atoms with Crippen LogP contribution in [0.4, 0.5) is 4.39 Å². The molecule has 2 N–H and O–H groups in total. The van der Waals surface area contributed by atoms with Gasteiger partial charge in [0.15, 0.2) is 0 Å². The summed E-state index contributed by atoms with van der Waals surface area (Å²) in [4.78, 5) is 18.5. The maximum absolute atomic E-state index is 13.2. The summed E-state index contributed by atoms with van der Waals surface area (Å²) in [6, 6.07) is 6.97. The number of carboxylic acid groups (broad SMARTS) is 1. The van der Waals surface area contributed by atoms with Gasteiger partial charge in [0.25, 0.3) is 0 Å². The lowest BCUT2D eigenvalue weighted by molar-refractivity contribution is -0.146. The SMILES string of the molecule is COc1ccc2ncc(Cl)c([C@H](O)CCC3CCN(CCSc4cc(F)cs4)CC3C(=O)O)c2c1. The molecule has 1 aromatic carbocycles. The molecule has 3 heterocycles. The van der Waals surface area contributed by atoms with Crippen molar-refractivity contribution in [2.45, 2.75) is 29.6 Å². The van der Waals surface area contributed by atoms with E-state index in [4.69, 9.17) is 16.3 Å². The van der Waals surface area contributed by atoms with E-state index in [9.17, 15) is 19.4 Å². The molecule has 0 saturated carbocycles. The normalized spacial score (nSPS) is 19.7. The van der Waals surface area contributed by atoms with Crippen molar-refractivity contribution in [3.63, 3.8) is 0 Å². The van der Waals surface area contributed by atoms with Crippen LogP contribution in [0.5, 0.6) is 5.75 Å². The Morgan fingerprint density at radius 2 is 2.26 bits per heavy atom. The summed E-state index contributed by atoms with van der Waals surface area (Å²) in [6.07, 6.45) is 2.44. The van der Waals surface area contributed by atoms with E-state index in [1.165, 1.54) is 29.0 Å². The smallest absolute Gasteiger partial charge is 0.308 e. The van der Waals surface area contributed by atoms with E-state index in [0.717, 1.165) is 34.9 Å². The van der Waals surface area contributed by atoms with Crippen LogP contribution in [0, 0.1) is 17.7 Å². The molecule has 10 heteroatoms. The van der Waals surface area contributed by atoms with Crippen LogP contribution < -0.4 is 4.74 Å².